The van der Waals surface area contributed by atoms with Crippen molar-refractivity contribution in [3.63, 3.8) is 0 Å². The average molecular weight is 396 g/mol. The lowest BCUT2D eigenvalue weighted by atomic mass is 10.1. The lowest BCUT2D eigenvalue weighted by molar-refractivity contribution is -0.155. The van der Waals surface area contributed by atoms with Crippen LogP contribution in [0.3, 0.4) is 0 Å². The Balaban J connectivity index is 1.97. The smallest absolute Gasteiger partial charge is 0.351 e. The summed E-state index contributed by atoms with van der Waals surface area (Å²) in [6.45, 7) is 3.47. The van der Waals surface area contributed by atoms with Crippen LogP contribution in [0.1, 0.15) is 16.9 Å². The Morgan fingerprint density at radius 1 is 1.00 bits per heavy atom. The third kappa shape index (κ3) is 4.13. The molecule has 3 rings (SSSR count). The summed E-state index contributed by atoms with van der Waals surface area (Å²) < 4.78 is 70.2. The number of anilines is 1. The highest BCUT2D eigenvalue weighted by Gasteiger charge is 2.36. The molecule has 0 fully saturated rings. The molecule has 0 radical (unpaired) electrons. The first kappa shape index (κ1) is 19.0. The van der Waals surface area contributed by atoms with Crippen molar-refractivity contribution in [3.05, 3.63) is 65.4 Å². The van der Waals surface area contributed by atoms with Crippen LogP contribution in [0, 0.1) is 13.8 Å². The van der Waals surface area contributed by atoms with Gasteiger partial charge < -0.3 is 4.52 Å². The van der Waals surface area contributed by atoms with Gasteiger partial charge in [0.1, 0.15) is 5.69 Å². The first-order valence-corrected chi connectivity index (χ1v) is 9.29. The molecule has 5 nitrogen and oxygen atoms in total. The van der Waals surface area contributed by atoms with E-state index in [2.05, 4.69) is 14.4 Å². The maximum Gasteiger partial charge on any atom is 0.452 e. The number of alkyl halides is 3. The maximum atomic E-state index is 12.7. The number of halogens is 3. The highest BCUT2D eigenvalue weighted by atomic mass is 32.2. The predicted octanol–water partition coefficient (Wildman–Crippen LogP) is 4.78. The van der Waals surface area contributed by atoms with E-state index in [0.29, 0.717) is 11.3 Å². The van der Waals surface area contributed by atoms with E-state index in [1.807, 2.05) is 6.92 Å². The van der Waals surface area contributed by atoms with Crippen LogP contribution in [-0.4, -0.2) is 13.6 Å². The lowest BCUT2D eigenvalue weighted by Gasteiger charge is -2.11. The van der Waals surface area contributed by atoms with Gasteiger partial charge in [-0.2, -0.15) is 13.2 Å². The number of benzene rings is 2. The van der Waals surface area contributed by atoms with Gasteiger partial charge in [-0.25, -0.2) is 8.42 Å². The van der Waals surface area contributed by atoms with E-state index in [1.165, 1.54) is 18.2 Å². The van der Waals surface area contributed by atoms with E-state index in [1.54, 1.807) is 31.2 Å². The summed E-state index contributed by atoms with van der Waals surface area (Å²) in [5, 5.41) is 3.39. The van der Waals surface area contributed by atoms with E-state index in [0.717, 1.165) is 11.6 Å². The number of nitrogens with zero attached hydrogens (tertiary/aromatic N) is 1. The summed E-state index contributed by atoms with van der Waals surface area (Å²) in [6.07, 6.45) is -4.67. The summed E-state index contributed by atoms with van der Waals surface area (Å²) in [5.74, 6) is -1.25. The SMILES string of the molecule is Cc1ccc(NS(=O)(=O)c2cc(-c3cc(C(F)(F)F)on3)ccc2C)cc1. The second-order valence-corrected chi connectivity index (χ2v) is 7.68. The zero-order valence-electron chi connectivity index (χ0n) is 14.3. The standard InChI is InChI=1S/C18H15F3N2O3S/c1-11-3-7-14(8-4-11)23-27(24,25)16-9-13(6-5-12(16)2)15-10-17(26-22-15)18(19,20)21/h3-10,23H,1-2H3. The monoisotopic (exact) mass is 396 g/mol. The summed E-state index contributed by atoms with van der Waals surface area (Å²) >= 11 is 0. The molecule has 1 aromatic heterocycles. The Morgan fingerprint density at radius 3 is 2.26 bits per heavy atom. The van der Waals surface area contributed by atoms with Crippen molar-refractivity contribution >= 4 is 15.7 Å². The average Bonchev–Trinajstić information content (AvgIpc) is 3.07. The minimum Gasteiger partial charge on any atom is -0.351 e. The van der Waals surface area contributed by atoms with Crippen molar-refractivity contribution in [3.8, 4) is 11.3 Å². The Kier molecular flexibility index (Phi) is 4.73. The molecule has 0 saturated carbocycles. The van der Waals surface area contributed by atoms with Gasteiger partial charge in [0, 0.05) is 17.3 Å². The van der Waals surface area contributed by atoms with Gasteiger partial charge in [-0.1, -0.05) is 35.0 Å². The molecule has 9 heteroatoms. The van der Waals surface area contributed by atoms with E-state index in [-0.39, 0.29) is 16.2 Å². The molecule has 0 aliphatic rings. The van der Waals surface area contributed by atoms with Gasteiger partial charge in [0.05, 0.1) is 4.90 Å². The van der Waals surface area contributed by atoms with E-state index < -0.39 is 22.0 Å². The molecular weight excluding hydrogens is 381 g/mol. The van der Waals surface area contributed by atoms with Crippen LogP contribution in [0.5, 0.6) is 0 Å². The number of aryl methyl sites for hydroxylation is 2. The second kappa shape index (κ2) is 6.73. The van der Waals surface area contributed by atoms with Crippen LogP contribution in [0.25, 0.3) is 11.3 Å². The number of rotatable bonds is 4. The molecule has 3 aromatic rings. The molecule has 0 amide bonds. The Bertz CT molecular complexity index is 1070. The molecule has 0 aliphatic carbocycles. The normalized spacial score (nSPS) is 12.2. The first-order chi connectivity index (χ1) is 12.6. The minimum atomic E-state index is -4.67. The molecule has 142 valence electrons. The van der Waals surface area contributed by atoms with Crippen molar-refractivity contribution in [2.24, 2.45) is 0 Å². The summed E-state index contributed by atoms with van der Waals surface area (Å²) in [7, 11) is -3.94. The zero-order valence-corrected chi connectivity index (χ0v) is 15.1. The number of nitrogens with one attached hydrogen (secondary N) is 1. The summed E-state index contributed by atoms with van der Waals surface area (Å²) in [6, 6.07) is 11.8. The molecule has 0 unspecified atom stereocenters. The van der Waals surface area contributed by atoms with Crippen LogP contribution >= 0.6 is 0 Å². The molecule has 1 N–H and O–H groups in total. The lowest BCUT2D eigenvalue weighted by Crippen LogP contribution is -2.14. The van der Waals surface area contributed by atoms with Crippen molar-refractivity contribution in [2.45, 2.75) is 24.9 Å². The Labute approximate surface area is 153 Å². The summed E-state index contributed by atoms with van der Waals surface area (Å²) in [5.41, 5.74) is 1.89. The minimum absolute atomic E-state index is 0.0582. The number of hydrogen-bond acceptors (Lipinski definition) is 4. The molecule has 27 heavy (non-hydrogen) atoms. The van der Waals surface area contributed by atoms with Crippen LogP contribution in [-0.2, 0) is 16.2 Å². The summed E-state index contributed by atoms with van der Waals surface area (Å²) in [4.78, 5) is -0.0582. The van der Waals surface area contributed by atoms with Crippen LogP contribution in [0.15, 0.2) is 57.9 Å². The van der Waals surface area contributed by atoms with Gasteiger partial charge in [0.2, 0.25) is 5.76 Å². The molecule has 0 saturated heterocycles. The van der Waals surface area contributed by atoms with Crippen LogP contribution < -0.4 is 4.72 Å². The molecule has 0 spiro atoms. The molecule has 0 aliphatic heterocycles. The predicted molar refractivity (Wildman–Crippen MR) is 93.7 cm³/mol. The van der Waals surface area contributed by atoms with Gasteiger partial charge in [-0.3, -0.25) is 4.72 Å². The molecule has 0 bridgehead atoms. The third-order valence-corrected chi connectivity index (χ3v) is 5.39. The Morgan fingerprint density at radius 2 is 1.67 bits per heavy atom. The van der Waals surface area contributed by atoms with E-state index >= 15 is 0 Å². The topological polar surface area (TPSA) is 72.2 Å². The van der Waals surface area contributed by atoms with Gasteiger partial charge in [-0.05, 0) is 37.6 Å². The quantitative estimate of drug-likeness (QED) is 0.689. The van der Waals surface area contributed by atoms with Gasteiger partial charge in [0.15, 0.2) is 0 Å². The van der Waals surface area contributed by atoms with Crippen LogP contribution in [0.2, 0.25) is 0 Å². The fourth-order valence-corrected chi connectivity index (χ4v) is 3.76. The number of aromatic nitrogens is 1. The third-order valence-electron chi connectivity index (χ3n) is 3.87. The zero-order chi connectivity index (χ0) is 19.8. The van der Waals surface area contributed by atoms with Gasteiger partial charge in [0.25, 0.3) is 10.0 Å². The van der Waals surface area contributed by atoms with E-state index in [9.17, 15) is 21.6 Å². The Hall–Kier alpha value is -2.81. The molecule has 2 aromatic carbocycles. The van der Waals surface area contributed by atoms with Crippen molar-refractivity contribution in [2.75, 3.05) is 4.72 Å². The highest BCUT2D eigenvalue weighted by molar-refractivity contribution is 7.92. The van der Waals surface area contributed by atoms with Gasteiger partial charge >= 0.3 is 6.18 Å². The fraction of sp³-hybridized carbons (Fsp3) is 0.167. The number of hydrogen-bond donors (Lipinski definition) is 1. The molecule has 0 atom stereocenters. The highest BCUT2D eigenvalue weighted by Crippen LogP contribution is 2.33. The fourth-order valence-electron chi connectivity index (χ4n) is 2.43. The van der Waals surface area contributed by atoms with E-state index in [4.69, 9.17) is 0 Å². The maximum absolute atomic E-state index is 12.7. The first-order valence-electron chi connectivity index (χ1n) is 7.81. The molecule has 1 heterocycles. The molecular formula is C18H15F3N2O3S. The van der Waals surface area contributed by atoms with Crippen molar-refractivity contribution in [1.82, 2.24) is 5.16 Å². The van der Waals surface area contributed by atoms with Crippen molar-refractivity contribution in [1.29, 1.82) is 0 Å². The van der Waals surface area contributed by atoms with Crippen molar-refractivity contribution < 1.29 is 26.1 Å². The second-order valence-electron chi connectivity index (χ2n) is 6.03. The van der Waals surface area contributed by atoms with Gasteiger partial charge in [-0.15, -0.1) is 0 Å². The van der Waals surface area contributed by atoms with Crippen LogP contribution in [0.4, 0.5) is 18.9 Å². The number of sulfonamides is 1. The largest absolute Gasteiger partial charge is 0.452 e.